The van der Waals surface area contributed by atoms with Crippen LogP contribution in [0.2, 0.25) is 5.02 Å². The largest absolute Gasteiger partial charge is 0.368 e. The molecule has 0 saturated heterocycles. The molecule has 1 aromatic carbocycles. The van der Waals surface area contributed by atoms with Crippen LogP contribution in [0.3, 0.4) is 0 Å². The van der Waals surface area contributed by atoms with Gasteiger partial charge in [-0.3, -0.25) is 10.1 Å². The van der Waals surface area contributed by atoms with E-state index >= 15 is 0 Å². The Morgan fingerprint density at radius 3 is 2.89 bits per heavy atom. The third kappa shape index (κ3) is 2.89. The molecule has 1 heterocycles. The van der Waals surface area contributed by atoms with E-state index in [2.05, 4.69) is 15.3 Å². The highest BCUT2D eigenvalue weighted by atomic mass is 35.5. The van der Waals surface area contributed by atoms with Gasteiger partial charge in [-0.1, -0.05) is 17.7 Å². The van der Waals surface area contributed by atoms with E-state index in [0.717, 1.165) is 11.8 Å². The Balaban J connectivity index is 2.45. The molecule has 0 saturated carbocycles. The van der Waals surface area contributed by atoms with Gasteiger partial charge in [0.05, 0.1) is 15.6 Å². The Labute approximate surface area is 113 Å². The van der Waals surface area contributed by atoms with Crippen molar-refractivity contribution < 1.29 is 4.92 Å². The minimum Gasteiger partial charge on any atom is -0.368 e. The maximum Gasteiger partial charge on any atom is 0.329 e. The van der Waals surface area contributed by atoms with Gasteiger partial charge in [-0.15, -0.1) is 0 Å². The van der Waals surface area contributed by atoms with Crippen LogP contribution in [0.15, 0.2) is 24.4 Å². The molecule has 7 nitrogen and oxygen atoms in total. The van der Waals surface area contributed by atoms with Crippen LogP contribution in [-0.2, 0) is 0 Å². The lowest BCUT2D eigenvalue weighted by molar-refractivity contribution is -0.384. The van der Waals surface area contributed by atoms with Crippen LogP contribution in [0.25, 0.3) is 0 Å². The topological polar surface area (TPSA) is 107 Å². The van der Waals surface area contributed by atoms with Gasteiger partial charge in [0.25, 0.3) is 0 Å². The van der Waals surface area contributed by atoms with Crippen LogP contribution >= 0.6 is 11.6 Å². The fraction of sp³-hybridized carbons (Fsp3) is 0.0909. The third-order valence-electron chi connectivity index (χ3n) is 2.36. The van der Waals surface area contributed by atoms with E-state index in [9.17, 15) is 10.1 Å². The standard InChI is InChI=1S/C11H10ClN5O2/c1-6-2-3-7(12)8(4-6)15-10-9(17(18)19)5-14-11(13)16-10/h2-5H,1H3,(H3,13,14,15,16). The number of benzene rings is 1. The molecule has 0 amide bonds. The normalized spacial score (nSPS) is 10.2. The number of nitrogen functional groups attached to an aromatic ring is 1. The maximum absolute atomic E-state index is 10.9. The molecule has 8 heteroatoms. The summed E-state index contributed by atoms with van der Waals surface area (Å²) in [6.07, 6.45) is 1.05. The second-order valence-corrected chi connectivity index (χ2v) is 4.23. The predicted molar refractivity (Wildman–Crippen MR) is 72.6 cm³/mol. The van der Waals surface area contributed by atoms with E-state index in [4.69, 9.17) is 17.3 Å². The Kier molecular flexibility index (Phi) is 3.48. The summed E-state index contributed by atoms with van der Waals surface area (Å²) < 4.78 is 0. The zero-order valence-electron chi connectivity index (χ0n) is 9.92. The lowest BCUT2D eigenvalue weighted by Gasteiger charge is -2.09. The summed E-state index contributed by atoms with van der Waals surface area (Å²) >= 11 is 6.01. The summed E-state index contributed by atoms with van der Waals surface area (Å²) in [5, 5.41) is 14.1. The number of rotatable bonds is 3. The molecule has 0 bridgehead atoms. The van der Waals surface area contributed by atoms with E-state index in [1.807, 2.05) is 13.0 Å². The van der Waals surface area contributed by atoms with Crippen LogP contribution in [-0.4, -0.2) is 14.9 Å². The van der Waals surface area contributed by atoms with Gasteiger partial charge in [0.15, 0.2) is 0 Å². The quantitative estimate of drug-likeness (QED) is 0.661. The van der Waals surface area contributed by atoms with Gasteiger partial charge < -0.3 is 11.1 Å². The lowest BCUT2D eigenvalue weighted by Crippen LogP contribution is -2.04. The number of aryl methyl sites for hydroxylation is 1. The molecule has 0 fully saturated rings. The van der Waals surface area contributed by atoms with Crippen molar-refractivity contribution in [3.63, 3.8) is 0 Å². The number of nitro groups is 1. The first-order valence-corrected chi connectivity index (χ1v) is 5.65. The Morgan fingerprint density at radius 1 is 1.47 bits per heavy atom. The van der Waals surface area contributed by atoms with Crippen molar-refractivity contribution in [2.24, 2.45) is 0 Å². The number of hydrogen-bond donors (Lipinski definition) is 2. The molecule has 0 spiro atoms. The van der Waals surface area contributed by atoms with Crippen LogP contribution in [0.4, 0.5) is 23.1 Å². The lowest BCUT2D eigenvalue weighted by atomic mass is 10.2. The van der Waals surface area contributed by atoms with Gasteiger partial charge in [0, 0.05) is 0 Å². The second kappa shape index (κ2) is 5.07. The molecule has 0 unspecified atom stereocenters. The Morgan fingerprint density at radius 2 is 2.21 bits per heavy atom. The molecule has 98 valence electrons. The number of nitrogens with one attached hydrogen (secondary N) is 1. The van der Waals surface area contributed by atoms with E-state index in [-0.39, 0.29) is 17.5 Å². The average molecular weight is 280 g/mol. The first-order chi connectivity index (χ1) is 8.97. The average Bonchev–Trinajstić information content (AvgIpc) is 2.33. The highest BCUT2D eigenvalue weighted by Crippen LogP contribution is 2.30. The van der Waals surface area contributed by atoms with E-state index < -0.39 is 4.92 Å². The number of aromatic nitrogens is 2. The number of nitrogens with two attached hydrogens (primary N) is 1. The summed E-state index contributed by atoms with van der Waals surface area (Å²) in [5.74, 6) is -0.0538. The monoisotopic (exact) mass is 279 g/mol. The zero-order chi connectivity index (χ0) is 14.0. The first-order valence-electron chi connectivity index (χ1n) is 5.27. The van der Waals surface area contributed by atoms with Crippen LogP contribution in [0.5, 0.6) is 0 Å². The molecule has 1 aromatic heterocycles. The smallest absolute Gasteiger partial charge is 0.329 e. The Bertz CT molecular complexity index is 647. The van der Waals surface area contributed by atoms with Crippen molar-refractivity contribution in [3.05, 3.63) is 45.1 Å². The van der Waals surface area contributed by atoms with Crippen LogP contribution < -0.4 is 11.1 Å². The van der Waals surface area contributed by atoms with Crippen molar-refractivity contribution in [1.82, 2.24) is 9.97 Å². The van der Waals surface area contributed by atoms with Gasteiger partial charge in [0.2, 0.25) is 11.8 Å². The SMILES string of the molecule is Cc1ccc(Cl)c(Nc2nc(N)ncc2[N+](=O)[O-])c1. The fourth-order valence-electron chi connectivity index (χ4n) is 1.48. The maximum atomic E-state index is 10.9. The van der Waals surface area contributed by atoms with Crippen molar-refractivity contribution in [1.29, 1.82) is 0 Å². The number of nitrogens with zero attached hydrogens (tertiary/aromatic N) is 3. The van der Waals surface area contributed by atoms with Gasteiger partial charge >= 0.3 is 5.69 Å². The molecule has 0 aliphatic carbocycles. The fourth-order valence-corrected chi connectivity index (χ4v) is 1.64. The molecule has 0 atom stereocenters. The molecular weight excluding hydrogens is 270 g/mol. The van der Waals surface area contributed by atoms with Gasteiger partial charge in [-0.25, -0.2) is 4.98 Å². The van der Waals surface area contributed by atoms with Gasteiger partial charge in [-0.2, -0.15) is 4.98 Å². The Hall–Kier alpha value is -2.41. The van der Waals surface area contributed by atoms with Crippen LogP contribution in [0, 0.1) is 17.0 Å². The third-order valence-corrected chi connectivity index (χ3v) is 2.69. The number of halogens is 1. The summed E-state index contributed by atoms with van der Waals surface area (Å²) in [5.41, 5.74) is 6.63. The molecule has 3 N–H and O–H groups in total. The van der Waals surface area contributed by atoms with E-state index in [0.29, 0.717) is 10.7 Å². The van der Waals surface area contributed by atoms with Crippen molar-refractivity contribution >= 4 is 34.7 Å². The number of hydrogen-bond acceptors (Lipinski definition) is 6. The molecule has 2 aromatic rings. The molecule has 19 heavy (non-hydrogen) atoms. The van der Waals surface area contributed by atoms with Gasteiger partial charge in [0.1, 0.15) is 6.20 Å². The second-order valence-electron chi connectivity index (χ2n) is 3.83. The summed E-state index contributed by atoms with van der Waals surface area (Å²) in [6, 6.07) is 5.27. The molecule has 0 aliphatic heterocycles. The van der Waals surface area contributed by atoms with E-state index in [1.54, 1.807) is 12.1 Å². The van der Waals surface area contributed by atoms with Crippen LogP contribution in [0.1, 0.15) is 5.56 Å². The molecule has 2 rings (SSSR count). The summed E-state index contributed by atoms with van der Waals surface area (Å²) in [4.78, 5) is 17.7. The van der Waals surface area contributed by atoms with Crippen molar-refractivity contribution in [2.45, 2.75) is 6.92 Å². The van der Waals surface area contributed by atoms with Crippen molar-refractivity contribution in [3.8, 4) is 0 Å². The molecular formula is C11H10ClN5O2. The summed E-state index contributed by atoms with van der Waals surface area (Å²) in [7, 11) is 0. The van der Waals surface area contributed by atoms with Gasteiger partial charge in [-0.05, 0) is 24.6 Å². The number of anilines is 3. The highest BCUT2D eigenvalue weighted by Gasteiger charge is 2.17. The predicted octanol–water partition coefficient (Wildman–Crippen LogP) is 2.67. The van der Waals surface area contributed by atoms with E-state index in [1.165, 1.54) is 0 Å². The zero-order valence-corrected chi connectivity index (χ0v) is 10.7. The molecule has 0 radical (unpaired) electrons. The van der Waals surface area contributed by atoms with Crippen molar-refractivity contribution in [2.75, 3.05) is 11.1 Å². The minimum absolute atomic E-state index is 0.00463. The minimum atomic E-state index is -0.592. The first kappa shape index (κ1) is 13.0. The highest BCUT2D eigenvalue weighted by molar-refractivity contribution is 6.33. The summed E-state index contributed by atoms with van der Waals surface area (Å²) in [6.45, 7) is 1.88. The molecule has 0 aliphatic rings.